The van der Waals surface area contributed by atoms with Crippen molar-refractivity contribution in [2.75, 3.05) is 37.7 Å². The molecule has 5 rings (SSSR count). The first-order valence-electron chi connectivity index (χ1n) is 11.3. The van der Waals surface area contributed by atoms with Crippen LogP contribution in [-0.4, -0.2) is 54.4 Å². The molecule has 1 fully saturated rings. The molecule has 0 aromatic heterocycles. The Kier molecular flexibility index (Phi) is 6.09. The molecular weight excluding hydrogens is 414 g/mol. The fraction of sp³-hybridized carbons (Fsp3) is 0.259. The van der Waals surface area contributed by atoms with Crippen molar-refractivity contribution in [1.82, 2.24) is 9.80 Å². The molecule has 3 aromatic rings. The van der Waals surface area contributed by atoms with E-state index >= 15 is 0 Å². The maximum Gasteiger partial charge on any atom is 0.265 e. The van der Waals surface area contributed by atoms with E-state index < -0.39 is 0 Å². The number of benzene rings is 3. The van der Waals surface area contributed by atoms with Gasteiger partial charge < -0.3 is 14.5 Å². The Morgan fingerprint density at radius 2 is 1.52 bits per heavy atom. The second-order valence-electron chi connectivity index (χ2n) is 8.49. The van der Waals surface area contributed by atoms with E-state index in [9.17, 15) is 9.59 Å². The van der Waals surface area contributed by atoms with Gasteiger partial charge in [-0.05, 0) is 35.4 Å². The molecule has 6 heteroatoms. The Bertz CT molecular complexity index is 1140. The minimum Gasteiger partial charge on any atom is -0.482 e. The van der Waals surface area contributed by atoms with Crippen molar-refractivity contribution in [3.05, 3.63) is 95.6 Å². The summed E-state index contributed by atoms with van der Waals surface area (Å²) in [6.07, 6.45) is 0. The van der Waals surface area contributed by atoms with Gasteiger partial charge in [0, 0.05) is 38.3 Å². The molecule has 2 aliphatic rings. The molecule has 3 aromatic carbocycles. The quantitative estimate of drug-likeness (QED) is 0.608. The van der Waals surface area contributed by atoms with Crippen LogP contribution < -0.4 is 9.64 Å². The fourth-order valence-corrected chi connectivity index (χ4v) is 4.45. The Morgan fingerprint density at radius 3 is 2.33 bits per heavy atom. The number of para-hydroxylation sites is 2. The Balaban J connectivity index is 1.23. The number of anilines is 1. The maximum absolute atomic E-state index is 13.2. The number of hydrogen-bond donors (Lipinski definition) is 0. The van der Waals surface area contributed by atoms with E-state index in [1.165, 1.54) is 5.56 Å². The summed E-state index contributed by atoms with van der Waals surface area (Å²) in [4.78, 5) is 31.7. The number of piperazine rings is 1. The SMILES string of the molecule is O=C(c1cccc(CN2C(=O)COc3ccccc32)c1)N1CCN(Cc2ccccc2)CC1. The number of nitrogens with zero attached hydrogens (tertiary/aromatic N) is 3. The molecule has 2 amide bonds. The third-order valence-electron chi connectivity index (χ3n) is 6.23. The lowest BCUT2D eigenvalue weighted by molar-refractivity contribution is -0.121. The average molecular weight is 442 g/mol. The third kappa shape index (κ3) is 4.76. The van der Waals surface area contributed by atoms with E-state index in [4.69, 9.17) is 4.74 Å². The first-order valence-corrected chi connectivity index (χ1v) is 11.3. The summed E-state index contributed by atoms with van der Waals surface area (Å²) in [5.41, 5.74) is 3.65. The first-order chi connectivity index (χ1) is 16.2. The minimum absolute atomic E-state index is 0.0306. The summed E-state index contributed by atoms with van der Waals surface area (Å²) in [6.45, 7) is 4.50. The van der Waals surface area contributed by atoms with Gasteiger partial charge in [0.05, 0.1) is 12.2 Å². The Hall–Kier alpha value is -3.64. The molecule has 2 aliphatic heterocycles. The number of fused-ring (bicyclic) bond motifs is 1. The number of rotatable bonds is 5. The zero-order chi connectivity index (χ0) is 22.6. The molecule has 0 aliphatic carbocycles. The van der Waals surface area contributed by atoms with Gasteiger partial charge in [0.15, 0.2) is 6.61 Å². The van der Waals surface area contributed by atoms with E-state index in [0.29, 0.717) is 30.9 Å². The minimum atomic E-state index is -0.0834. The van der Waals surface area contributed by atoms with Crippen molar-refractivity contribution in [2.45, 2.75) is 13.1 Å². The lowest BCUT2D eigenvalue weighted by Gasteiger charge is -2.35. The van der Waals surface area contributed by atoms with Crippen LogP contribution in [0.3, 0.4) is 0 Å². The monoisotopic (exact) mass is 441 g/mol. The van der Waals surface area contributed by atoms with Crippen molar-refractivity contribution in [2.24, 2.45) is 0 Å². The predicted octanol–water partition coefficient (Wildman–Crippen LogP) is 3.57. The zero-order valence-electron chi connectivity index (χ0n) is 18.5. The van der Waals surface area contributed by atoms with Crippen molar-refractivity contribution >= 4 is 17.5 Å². The van der Waals surface area contributed by atoms with Crippen LogP contribution in [0.2, 0.25) is 0 Å². The second-order valence-corrected chi connectivity index (χ2v) is 8.49. The van der Waals surface area contributed by atoms with E-state index in [2.05, 4.69) is 29.2 Å². The summed E-state index contributed by atoms with van der Waals surface area (Å²) in [7, 11) is 0. The van der Waals surface area contributed by atoms with Crippen LogP contribution in [0.1, 0.15) is 21.5 Å². The lowest BCUT2D eigenvalue weighted by Crippen LogP contribution is -2.48. The Labute approximate surface area is 194 Å². The summed E-state index contributed by atoms with van der Waals surface area (Å²) in [5, 5.41) is 0. The van der Waals surface area contributed by atoms with Gasteiger partial charge in [-0.2, -0.15) is 0 Å². The van der Waals surface area contributed by atoms with Crippen LogP contribution in [0.4, 0.5) is 5.69 Å². The Morgan fingerprint density at radius 1 is 0.788 bits per heavy atom. The van der Waals surface area contributed by atoms with Crippen LogP contribution >= 0.6 is 0 Å². The van der Waals surface area contributed by atoms with E-state index in [1.807, 2.05) is 59.5 Å². The third-order valence-corrected chi connectivity index (χ3v) is 6.23. The molecule has 0 atom stereocenters. The molecule has 0 radical (unpaired) electrons. The van der Waals surface area contributed by atoms with Crippen LogP contribution in [0, 0.1) is 0 Å². The molecule has 0 saturated carbocycles. The normalized spacial score (nSPS) is 16.3. The molecular formula is C27H27N3O3. The van der Waals surface area contributed by atoms with E-state index in [0.717, 1.165) is 30.9 Å². The highest BCUT2D eigenvalue weighted by Gasteiger charge is 2.26. The highest BCUT2D eigenvalue weighted by molar-refractivity contribution is 5.98. The molecule has 6 nitrogen and oxygen atoms in total. The molecule has 0 spiro atoms. The lowest BCUT2D eigenvalue weighted by atomic mass is 10.1. The average Bonchev–Trinajstić information content (AvgIpc) is 2.87. The summed E-state index contributed by atoms with van der Waals surface area (Å²) in [6, 6.07) is 25.6. The molecule has 0 N–H and O–H groups in total. The van der Waals surface area contributed by atoms with Crippen molar-refractivity contribution in [3.8, 4) is 5.75 Å². The molecule has 2 heterocycles. The van der Waals surface area contributed by atoms with Crippen LogP contribution in [0.25, 0.3) is 0 Å². The van der Waals surface area contributed by atoms with Crippen LogP contribution in [0.5, 0.6) is 5.75 Å². The number of hydrogen-bond acceptors (Lipinski definition) is 4. The standard InChI is InChI=1S/C27H27N3O3/c31-26-20-33-25-12-5-4-11-24(25)30(26)19-22-9-6-10-23(17-22)27(32)29-15-13-28(14-16-29)18-21-7-2-1-3-8-21/h1-12,17H,13-16,18-20H2. The van der Waals surface area contributed by atoms with Crippen molar-refractivity contribution in [3.63, 3.8) is 0 Å². The predicted molar refractivity (Wildman–Crippen MR) is 127 cm³/mol. The van der Waals surface area contributed by atoms with E-state index in [1.54, 1.807) is 4.90 Å². The van der Waals surface area contributed by atoms with E-state index in [-0.39, 0.29) is 18.4 Å². The van der Waals surface area contributed by atoms with Gasteiger partial charge >= 0.3 is 0 Å². The fourth-order valence-electron chi connectivity index (χ4n) is 4.45. The number of ether oxygens (including phenoxy) is 1. The highest BCUT2D eigenvalue weighted by atomic mass is 16.5. The van der Waals surface area contributed by atoms with Gasteiger partial charge in [-0.3, -0.25) is 14.5 Å². The second kappa shape index (κ2) is 9.46. The van der Waals surface area contributed by atoms with Gasteiger partial charge in [-0.15, -0.1) is 0 Å². The number of carbonyl (C=O) groups excluding carboxylic acids is 2. The summed E-state index contributed by atoms with van der Waals surface area (Å²) >= 11 is 0. The molecule has 1 saturated heterocycles. The van der Waals surface area contributed by atoms with Crippen molar-refractivity contribution < 1.29 is 14.3 Å². The number of amides is 2. The smallest absolute Gasteiger partial charge is 0.265 e. The van der Waals surface area contributed by atoms with Crippen LogP contribution in [-0.2, 0) is 17.9 Å². The van der Waals surface area contributed by atoms with Crippen molar-refractivity contribution in [1.29, 1.82) is 0 Å². The zero-order valence-corrected chi connectivity index (χ0v) is 18.5. The largest absolute Gasteiger partial charge is 0.482 e. The summed E-state index contributed by atoms with van der Waals surface area (Å²) in [5.74, 6) is 0.669. The van der Waals surface area contributed by atoms with Gasteiger partial charge in [-0.25, -0.2) is 0 Å². The van der Waals surface area contributed by atoms with Gasteiger partial charge in [0.25, 0.3) is 11.8 Å². The highest BCUT2D eigenvalue weighted by Crippen LogP contribution is 2.32. The first kappa shape index (κ1) is 21.2. The molecule has 0 bridgehead atoms. The van der Waals surface area contributed by atoms with Gasteiger partial charge in [0.2, 0.25) is 0 Å². The molecule has 33 heavy (non-hydrogen) atoms. The number of carbonyl (C=O) groups is 2. The topological polar surface area (TPSA) is 53.1 Å². The van der Waals surface area contributed by atoms with Gasteiger partial charge in [0.1, 0.15) is 5.75 Å². The molecule has 168 valence electrons. The van der Waals surface area contributed by atoms with Crippen LogP contribution in [0.15, 0.2) is 78.9 Å². The maximum atomic E-state index is 13.2. The van der Waals surface area contributed by atoms with Gasteiger partial charge in [-0.1, -0.05) is 54.6 Å². The summed E-state index contributed by atoms with van der Waals surface area (Å²) < 4.78 is 5.54. The molecule has 0 unspecified atom stereocenters.